The van der Waals surface area contributed by atoms with E-state index in [1.54, 1.807) is 12.1 Å². The molecule has 0 atom stereocenters. The van der Waals surface area contributed by atoms with E-state index in [4.69, 9.17) is 14.2 Å². The highest BCUT2D eigenvalue weighted by atomic mass is 79.9. The number of nitrogens with one attached hydrogen (secondary N) is 1. The molecule has 27 heavy (non-hydrogen) atoms. The van der Waals surface area contributed by atoms with E-state index < -0.39 is 24.1 Å². The predicted molar refractivity (Wildman–Crippen MR) is 96.4 cm³/mol. The zero-order chi connectivity index (χ0) is 19.0. The van der Waals surface area contributed by atoms with Crippen LogP contribution >= 0.6 is 15.9 Å². The summed E-state index contributed by atoms with van der Waals surface area (Å²) in [5.41, 5.74) is -0.118. The summed E-state index contributed by atoms with van der Waals surface area (Å²) >= 11 is 3.42. The predicted octanol–water partition coefficient (Wildman–Crippen LogP) is 2.13. The number of carbonyl (C=O) groups is 3. The molecule has 3 aliphatic rings. The zero-order valence-corrected chi connectivity index (χ0v) is 16.2. The highest BCUT2D eigenvalue weighted by Gasteiger charge is 2.52. The number of fused-ring (bicyclic) bond motifs is 1. The second kappa shape index (κ2) is 7.03. The van der Waals surface area contributed by atoms with Gasteiger partial charge in [0.25, 0.3) is 5.91 Å². The summed E-state index contributed by atoms with van der Waals surface area (Å²) in [6.07, 6.45) is 3.02. The van der Waals surface area contributed by atoms with Gasteiger partial charge < -0.3 is 19.5 Å². The molecule has 2 aliphatic heterocycles. The molecular formula is C18H19BrN2O6. The topological polar surface area (TPSA) is 94.2 Å². The van der Waals surface area contributed by atoms with Crippen LogP contribution in [0.3, 0.4) is 0 Å². The third-order valence-corrected chi connectivity index (χ3v) is 5.83. The third kappa shape index (κ3) is 3.36. The average molecular weight is 439 g/mol. The molecule has 8 nitrogen and oxygen atoms in total. The Bertz CT molecular complexity index is 805. The quantitative estimate of drug-likeness (QED) is 0.571. The maximum Gasteiger partial charge on any atom is 0.326 e. The van der Waals surface area contributed by atoms with Crippen LogP contribution in [0, 0.1) is 0 Å². The van der Waals surface area contributed by atoms with E-state index in [9.17, 15) is 14.4 Å². The normalized spacial score (nSPS) is 20.1. The minimum absolute atomic E-state index is 0.00908. The summed E-state index contributed by atoms with van der Waals surface area (Å²) in [4.78, 5) is 37.8. The van der Waals surface area contributed by atoms with Gasteiger partial charge in [0, 0.05) is 10.0 Å². The van der Waals surface area contributed by atoms with Crippen molar-refractivity contribution in [3.63, 3.8) is 0 Å². The van der Waals surface area contributed by atoms with E-state index in [1.807, 2.05) is 0 Å². The Kier molecular flexibility index (Phi) is 4.71. The number of esters is 1. The fourth-order valence-electron chi connectivity index (χ4n) is 3.69. The van der Waals surface area contributed by atoms with Crippen molar-refractivity contribution >= 4 is 33.8 Å². The summed E-state index contributed by atoms with van der Waals surface area (Å²) in [7, 11) is 0. The van der Waals surface area contributed by atoms with Gasteiger partial charge in [0.15, 0.2) is 11.5 Å². The fourth-order valence-corrected chi connectivity index (χ4v) is 4.12. The van der Waals surface area contributed by atoms with Crippen LogP contribution in [0.4, 0.5) is 4.79 Å². The number of ether oxygens (including phenoxy) is 3. The minimum atomic E-state index is -0.823. The SMILES string of the molecule is O=C(CN1C(=O)NC2(CCCC2)C1=O)OCc1cc2c(cc1Br)OCCO2. The maximum atomic E-state index is 12.6. The summed E-state index contributed by atoms with van der Waals surface area (Å²) in [6.45, 7) is 0.544. The smallest absolute Gasteiger partial charge is 0.326 e. The zero-order valence-electron chi connectivity index (χ0n) is 14.6. The van der Waals surface area contributed by atoms with Crippen LogP contribution in [0.2, 0.25) is 0 Å². The first kappa shape index (κ1) is 18.1. The molecule has 1 aliphatic carbocycles. The van der Waals surface area contributed by atoms with Gasteiger partial charge in [-0.25, -0.2) is 4.79 Å². The van der Waals surface area contributed by atoms with Crippen LogP contribution in [-0.2, 0) is 20.9 Å². The number of imide groups is 1. The van der Waals surface area contributed by atoms with Crippen molar-refractivity contribution in [2.75, 3.05) is 19.8 Å². The molecule has 2 fully saturated rings. The number of urea groups is 1. The Morgan fingerprint density at radius 3 is 2.56 bits per heavy atom. The molecule has 3 amide bonds. The molecular weight excluding hydrogens is 420 g/mol. The van der Waals surface area contributed by atoms with E-state index in [2.05, 4.69) is 21.2 Å². The molecule has 0 unspecified atom stereocenters. The van der Waals surface area contributed by atoms with Gasteiger partial charge in [0.2, 0.25) is 0 Å². The van der Waals surface area contributed by atoms with Gasteiger partial charge in [-0.1, -0.05) is 28.8 Å². The summed E-state index contributed by atoms with van der Waals surface area (Å²) in [5, 5.41) is 2.74. The van der Waals surface area contributed by atoms with Crippen LogP contribution in [0.25, 0.3) is 0 Å². The number of carbonyl (C=O) groups excluding carboxylic acids is 3. The summed E-state index contributed by atoms with van der Waals surface area (Å²) in [5.74, 6) is 0.245. The lowest BCUT2D eigenvalue weighted by atomic mass is 9.98. The van der Waals surface area contributed by atoms with Crippen molar-refractivity contribution in [1.82, 2.24) is 10.2 Å². The Hall–Kier alpha value is -2.29. The largest absolute Gasteiger partial charge is 0.486 e. The van der Waals surface area contributed by atoms with Crippen LogP contribution in [0.15, 0.2) is 16.6 Å². The van der Waals surface area contributed by atoms with E-state index in [1.165, 1.54) is 0 Å². The monoisotopic (exact) mass is 438 g/mol. The van der Waals surface area contributed by atoms with E-state index in [0.717, 1.165) is 22.2 Å². The van der Waals surface area contributed by atoms with Crippen molar-refractivity contribution in [2.45, 2.75) is 37.8 Å². The molecule has 1 saturated heterocycles. The molecule has 1 saturated carbocycles. The standard InChI is InChI=1S/C18H19BrN2O6/c19-12-8-14-13(25-5-6-26-14)7-11(12)10-27-15(22)9-21-16(23)18(20-17(21)24)3-1-2-4-18/h7-8H,1-6,9-10H2,(H,20,24). The van der Waals surface area contributed by atoms with Gasteiger partial charge in [-0.15, -0.1) is 0 Å². The molecule has 4 rings (SSSR count). The lowest BCUT2D eigenvalue weighted by Crippen LogP contribution is -2.44. The van der Waals surface area contributed by atoms with Crippen molar-refractivity contribution in [1.29, 1.82) is 0 Å². The van der Waals surface area contributed by atoms with Gasteiger partial charge in [0.05, 0.1) is 0 Å². The molecule has 1 aromatic carbocycles. The second-order valence-electron chi connectivity index (χ2n) is 6.86. The van der Waals surface area contributed by atoms with Crippen molar-refractivity contribution in [2.24, 2.45) is 0 Å². The first-order chi connectivity index (χ1) is 13.0. The maximum absolute atomic E-state index is 12.6. The number of hydrogen-bond acceptors (Lipinski definition) is 6. The lowest BCUT2D eigenvalue weighted by molar-refractivity contribution is -0.148. The number of rotatable bonds is 4. The van der Waals surface area contributed by atoms with Gasteiger partial charge >= 0.3 is 12.0 Å². The number of halogens is 1. The molecule has 1 aromatic rings. The molecule has 1 spiro atoms. The molecule has 144 valence electrons. The van der Waals surface area contributed by atoms with Gasteiger partial charge in [-0.2, -0.15) is 0 Å². The highest BCUT2D eigenvalue weighted by Crippen LogP contribution is 2.36. The Balaban J connectivity index is 1.38. The fraction of sp³-hybridized carbons (Fsp3) is 0.500. The number of benzene rings is 1. The molecule has 2 heterocycles. The minimum Gasteiger partial charge on any atom is -0.486 e. The van der Waals surface area contributed by atoms with Crippen molar-refractivity contribution in [3.8, 4) is 11.5 Å². The van der Waals surface area contributed by atoms with Crippen LogP contribution in [0.1, 0.15) is 31.2 Å². The summed E-state index contributed by atoms with van der Waals surface area (Å²) < 4.78 is 17.0. The summed E-state index contributed by atoms with van der Waals surface area (Å²) in [6, 6.07) is 2.98. The van der Waals surface area contributed by atoms with E-state index in [0.29, 0.717) is 43.1 Å². The van der Waals surface area contributed by atoms with Crippen LogP contribution in [0.5, 0.6) is 11.5 Å². The number of hydrogen-bond donors (Lipinski definition) is 1. The molecule has 1 N–H and O–H groups in total. The number of amides is 3. The van der Waals surface area contributed by atoms with Crippen molar-refractivity contribution in [3.05, 3.63) is 22.2 Å². The number of nitrogens with zero attached hydrogens (tertiary/aromatic N) is 1. The highest BCUT2D eigenvalue weighted by molar-refractivity contribution is 9.10. The molecule has 9 heteroatoms. The first-order valence-electron chi connectivity index (χ1n) is 8.86. The molecule has 0 bridgehead atoms. The Morgan fingerprint density at radius 2 is 1.85 bits per heavy atom. The van der Waals surface area contributed by atoms with Gasteiger partial charge in [0.1, 0.15) is 31.9 Å². The lowest BCUT2D eigenvalue weighted by Gasteiger charge is -2.20. The average Bonchev–Trinajstić information content (AvgIpc) is 3.21. The Labute approximate surface area is 164 Å². The third-order valence-electron chi connectivity index (χ3n) is 5.09. The van der Waals surface area contributed by atoms with E-state index in [-0.39, 0.29) is 12.5 Å². The van der Waals surface area contributed by atoms with Crippen LogP contribution < -0.4 is 14.8 Å². The first-order valence-corrected chi connectivity index (χ1v) is 9.66. The molecule has 0 radical (unpaired) electrons. The van der Waals surface area contributed by atoms with Crippen LogP contribution in [-0.4, -0.2) is 48.1 Å². The van der Waals surface area contributed by atoms with Crippen molar-refractivity contribution < 1.29 is 28.6 Å². The van der Waals surface area contributed by atoms with Gasteiger partial charge in [-0.05, 0) is 25.0 Å². The van der Waals surface area contributed by atoms with Gasteiger partial charge in [-0.3, -0.25) is 14.5 Å². The Morgan fingerprint density at radius 1 is 1.19 bits per heavy atom. The second-order valence-corrected chi connectivity index (χ2v) is 7.71. The van der Waals surface area contributed by atoms with E-state index >= 15 is 0 Å². The molecule has 0 aromatic heterocycles.